The summed E-state index contributed by atoms with van der Waals surface area (Å²) in [7, 11) is 0. The maximum Gasteiger partial charge on any atom is 0.333 e. The molecule has 1 rings (SSSR count). The quantitative estimate of drug-likeness (QED) is 0.603. The van der Waals surface area contributed by atoms with Crippen molar-refractivity contribution >= 4 is 5.97 Å². The summed E-state index contributed by atoms with van der Waals surface area (Å²) in [5, 5.41) is 28.7. The van der Waals surface area contributed by atoms with Crippen LogP contribution < -0.4 is 0 Å². The average Bonchev–Trinajstić information content (AvgIpc) is 2.11. The summed E-state index contributed by atoms with van der Waals surface area (Å²) in [5.74, 6) is -1.72. The summed E-state index contributed by atoms with van der Waals surface area (Å²) in [4.78, 5) is 11.0. The second-order valence-corrected chi connectivity index (χ2v) is 5.52. The Hall–Kier alpha value is -0.650. The fraction of sp³-hybridized carbons (Fsp3) is 0.909. The molecule has 16 heavy (non-hydrogen) atoms. The van der Waals surface area contributed by atoms with Crippen molar-refractivity contribution in [3.8, 4) is 0 Å². The highest BCUT2D eigenvalue weighted by Crippen LogP contribution is 2.35. The standard InChI is InChI=1S/C11H20O5/c1-5-6(12)7(13)9(11(2,3)4)16-8(5)10(14)15/h5-9,12-13H,1-4H3,(H,14,15)/t5-,6-,7+,8-,9+/m0/s1. The van der Waals surface area contributed by atoms with E-state index >= 15 is 0 Å². The highest BCUT2D eigenvalue weighted by Gasteiger charge is 2.48. The third-order valence-corrected chi connectivity index (χ3v) is 3.07. The van der Waals surface area contributed by atoms with Crippen LogP contribution in [-0.4, -0.2) is 45.7 Å². The van der Waals surface area contributed by atoms with Crippen molar-refractivity contribution in [1.29, 1.82) is 0 Å². The first kappa shape index (κ1) is 13.4. The molecule has 0 bridgehead atoms. The number of aliphatic hydroxyl groups excluding tert-OH is 2. The lowest BCUT2D eigenvalue weighted by molar-refractivity contribution is -0.228. The van der Waals surface area contributed by atoms with Crippen LogP contribution in [0.25, 0.3) is 0 Å². The molecular formula is C11H20O5. The number of rotatable bonds is 1. The van der Waals surface area contributed by atoms with Crippen molar-refractivity contribution in [1.82, 2.24) is 0 Å². The van der Waals surface area contributed by atoms with Crippen LogP contribution in [0.4, 0.5) is 0 Å². The van der Waals surface area contributed by atoms with Gasteiger partial charge in [-0.1, -0.05) is 27.7 Å². The van der Waals surface area contributed by atoms with Crippen LogP contribution in [0.2, 0.25) is 0 Å². The molecule has 1 fully saturated rings. The van der Waals surface area contributed by atoms with Crippen LogP contribution in [0.1, 0.15) is 27.7 Å². The van der Waals surface area contributed by atoms with E-state index in [2.05, 4.69) is 0 Å². The van der Waals surface area contributed by atoms with Crippen LogP contribution in [0.5, 0.6) is 0 Å². The first-order chi connectivity index (χ1) is 7.16. The monoisotopic (exact) mass is 232 g/mol. The maximum atomic E-state index is 11.0. The third-order valence-electron chi connectivity index (χ3n) is 3.07. The zero-order valence-electron chi connectivity index (χ0n) is 10.0. The van der Waals surface area contributed by atoms with Gasteiger partial charge in [-0.2, -0.15) is 0 Å². The molecule has 0 unspecified atom stereocenters. The van der Waals surface area contributed by atoms with Crippen molar-refractivity contribution in [3.63, 3.8) is 0 Å². The molecule has 0 aromatic carbocycles. The fourth-order valence-corrected chi connectivity index (χ4v) is 2.03. The molecule has 0 aromatic rings. The molecule has 0 radical (unpaired) electrons. The molecule has 0 amide bonds. The van der Waals surface area contributed by atoms with Crippen molar-refractivity contribution in [2.24, 2.45) is 11.3 Å². The minimum absolute atomic E-state index is 0.422. The average molecular weight is 232 g/mol. The Morgan fingerprint density at radius 1 is 1.19 bits per heavy atom. The molecule has 0 aromatic heterocycles. The first-order valence-electron chi connectivity index (χ1n) is 5.40. The smallest absolute Gasteiger partial charge is 0.333 e. The molecule has 1 heterocycles. The summed E-state index contributed by atoms with van der Waals surface area (Å²) >= 11 is 0. The molecule has 1 aliphatic heterocycles. The minimum atomic E-state index is -1.10. The van der Waals surface area contributed by atoms with Crippen LogP contribution in [0.15, 0.2) is 0 Å². The van der Waals surface area contributed by atoms with E-state index in [0.29, 0.717) is 0 Å². The molecular weight excluding hydrogens is 212 g/mol. The number of carboxylic acid groups (broad SMARTS) is 1. The highest BCUT2D eigenvalue weighted by atomic mass is 16.5. The number of ether oxygens (including phenoxy) is 1. The second kappa shape index (κ2) is 4.31. The Morgan fingerprint density at radius 2 is 1.69 bits per heavy atom. The molecule has 94 valence electrons. The summed E-state index contributed by atoms with van der Waals surface area (Å²) in [6.45, 7) is 7.07. The zero-order chi connectivity index (χ0) is 12.7. The van der Waals surface area contributed by atoms with E-state index in [0.717, 1.165) is 0 Å². The summed E-state index contributed by atoms with van der Waals surface area (Å²) in [6.07, 6.45) is -3.87. The van der Waals surface area contributed by atoms with E-state index in [1.165, 1.54) is 0 Å². The minimum Gasteiger partial charge on any atom is -0.479 e. The largest absolute Gasteiger partial charge is 0.479 e. The van der Waals surface area contributed by atoms with E-state index < -0.39 is 41.7 Å². The Bertz CT molecular complexity index is 270. The van der Waals surface area contributed by atoms with Gasteiger partial charge in [0.05, 0.1) is 12.2 Å². The topological polar surface area (TPSA) is 87.0 Å². The second-order valence-electron chi connectivity index (χ2n) is 5.52. The van der Waals surface area contributed by atoms with Crippen molar-refractivity contribution in [2.75, 3.05) is 0 Å². The van der Waals surface area contributed by atoms with Gasteiger partial charge >= 0.3 is 5.97 Å². The van der Waals surface area contributed by atoms with Gasteiger partial charge in [0, 0.05) is 5.92 Å². The number of carboxylic acids is 1. The van der Waals surface area contributed by atoms with Crippen LogP contribution >= 0.6 is 0 Å². The van der Waals surface area contributed by atoms with Gasteiger partial charge in [0.2, 0.25) is 0 Å². The molecule has 0 spiro atoms. The lowest BCUT2D eigenvalue weighted by Crippen LogP contribution is -2.59. The lowest BCUT2D eigenvalue weighted by atomic mass is 9.78. The first-order valence-corrected chi connectivity index (χ1v) is 5.40. The van der Waals surface area contributed by atoms with E-state index in [-0.39, 0.29) is 0 Å². The van der Waals surface area contributed by atoms with Gasteiger partial charge < -0.3 is 20.1 Å². The van der Waals surface area contributed by atoms with Gasteiger partial charge in [-0.3, -0.25) is 0 Å². The van der Waals surface area contributed by atoms with Crippen LogP contribution in [0.3, 0.4) is 0 Å². The van der Waals surface area contributed by atoms with E-state index in [1.807, 2.05) is 20.8 Å². The number of carbonyl (C=O) groups is 1. The van der Waals surface area contributed by atoms with Gasteiger partial charge in [0.25, 0.3) is 0 Å². The van der Waals surface area contributed by atoms with Gasteiger partial charge in [-0.05, 0) is 5.41 Å². The number of aliphatic carboxylic acids is 1. The lowest BCUT2D eigenvalue weighted by Gasteiger charge is -2.45. The number of hydrogen-bond donors (Lipinski definition) is 3. The molecule has 5 atom stereocenters. The Morgan fingerprint density at radius 3 is 2.06 bits per heavy atom. The third kappa shape index (κ3) is 2.36. The Labute approximate surface area is 95.0 Å². The predicted octanol–water partition coefficient (Wildman–Crippen LogP) is 0.242. The number of hydrogen-bond acceptors (Lipinski definition) is 4. The molecule has 5 nitrogen and oxygen atoms in total. The van der Waals surface area contributed by atoms with E-state index in [1.54, 1.807) is 6.92 Å². The van der Waals surface area contributed by atoms with Crippen molar-refractivity contribution in [2.45, 2.75) is 52.1 Å². The molecule has 1 saturated heterocycles. The van der Waals surface area contributed by atoms with Gasteiger partial charge in [0.15, 0.2) is 6.10 Å². The maximum absolute atomic E-state index is 11.0. The van der Waals surface area contributed by atoms with E-state index in [4.69, 9.17) is 9.84 Å². The van der Waals surface area contributed by atoms with Crippen molar-refractivity contribution < 1.29 is 24.9 Å². The normalized spacial score (nSPS) is 40.8. The van der Waals surface area contributed by atoms with Gasteiger partial charge in [-0.15, -0.1) is 0 Å². The highest BCUT2D eigenvalue weighted by molar-refractivity contribution is 5.73. The van der Waals surface area contributed by atoms with Gasteiger partial charge in [0.1, 0.15) is 6.10 Å². The van der Waals surface area contributed by atoms with E-state index in [9.17, 15) is 15.0 Å². The molecule has 1 aliphatic rings. The molecule has 5 heteroatoms. The SMILES string of the molecule is C[C@H]1[C@H](O)[C@@H](O)[C@H](C(C)(C)C)O[C@@H]1C(=O)O. The fourth-order valence-electron chi connectivity index (χ4n) is 2.03. The summed E-state index contributed by atoms with van der Waals surface area (Å²) < 4.78 is 5.40. The van der Waals surface area contributed by atoms with Crippen LogP contribution in [-0.2, 0) is 9.53 Å². The van der Waals surface area contributed by atoms with Crippen molar-refractivity contribution in [3.05, 3.63) is 0 Å². The zero-order valence-corrected chi connectivity index (χ0v) is 10.0. The number of aliphatic hydroxyl groups is 2. The molecule has 0 aliphatic carbocycles. The summed E-state index contributed by atoms with van der Waals surface area (Å²) in [6, 6.07) is 0. The predicted molar refractivity (Wildman–Crippen MR) is 56.9 cm³/mol. The molecule has 0 saturated carbocycles. The Balaban J connectivity index is 2.94. The molecule has 3 N–H and O–H groups in total. The van der Waals surface area contributed by atoms with Crippen LogP contribution in [0, 0.1) is 11.3 Å². The van der Waals surface area contributed by atoms with Gasteiger partial charge in [-0.25, -0.2) is 4.79 Å². The summed E-state index contributed by atoms with van der Waals surface area (Å²) in [5.41, 5.74) is -0.422. The Kier molecular flexibility index (Phi) is 3.62.